The van der Waals surface area contributed by atoms with Gasteiger partial charge < -0.3 is 38.2 Å². The number of nitrogens with one attached hydrogen (secondary N) is 1. The highest BCUT2D eigenvalue weighted by molar-refractivity contribution is 5.79. The van der Waals surface area contributed by atoms with E-state index in [1.807, 2.05) is 30.3 Å². The molecule has 0 radical (unpaired) electrons. The largest absolute Gasteiger partial charge is 0.493 e. The molecule has 1 N–H and O–H groups in total. The summed E-state index contributed by atoms with van der Waals surface area (Å²) in [6, 6.07) is 11.0. The third-order valence-corrected chi connectivity index (χ3v) is 7.85. The number of carbonyl (C=O) groups is 1. The normalized spacial score (nSPS) is 22.0. The van der Waals surface area contributed by atoms with Crippen LogP contribution in [0.3, 0.4) is 0 Å². The second-order valence-corrected chi connectivity index (χ2v) is 9.87. The zero-order valence-corrected chi connectivity index (χ0v) is 22.5. The van der Waals surface area contributed by atoms with Gasteiger partial charge in [-0.15, -0.1) is 5.10 Å². The van der Waals surface area contributed by atoms with E-state index >= 15 is 0 Å². The number of benzene rings is 2. The minimum Gasteiger partial charge on any atom is -0.493 e. The Morgan fingerprint density at radius 1 is 0.927 bits per heavy atom. The van der Waals surface area contributed by atoms with Gasteiger partial charge in [0, 0.05) is 24.2 Å². The number of aromatic nitrogens is 3. The summed E-state index contributed by atoms with van der Waals surface area (Å²) in [6.07, 6.45) is 3.32. The van der Waals surface area contributed by atoms with Crippen molar-refractivity contribution in [3.63, 3.8) is 0 Å². The standard InChI is InChI=1S/C29H26N4O8/c1-35-21-7-15(8-22(36-2)26(21)37-3)23-16-9-19-20(40-13-39-19)10-17(16)25(18-12-38-28(34)24(18)23)31-29-33-32-27(41-29)14-5-4-6-30-11-14/h4-11,18,23-25H,12-13H2,1-3H3,(H,31,33)/t18-,23+,24-,25+/m0/s1. The third-order valence-electron chi connectivity index (χ3n) is 7.85. The lowest BCUT2D eigenvalue weighted by Gasteiger charge is -2.39. The van der Waals surface area contributed by atoms with E-state index in [2.05, 4.69) is 20.5 Å². The van der Waals surface area contributed by atoms with Crippen LogP contribution in [0.15, 0.2) is 53.2 Å². The molecule has 12 nitrogen and oxygen atoms in total. The first kappa shape index (κ1) is 25.0. The zero-order chi connectivity index (χ0) is 28.1. The van der Waals surface area contributed by atoms with Crippen LogP contribution in [-0.4, -0.2) is 55.9 Å². The molecule has 0 unspecified atom stereocenters. The fraction of sp³-hybridized carbons (Fsp3) is 0.310. The number of esters is 1. The minimum atomic E-state index is -0.538. The molecule has 4 aromatic rings. The predicted octanol–water partition coefficient (Wildman–Crippen LogP) is 3.97. The van der Waals surface area contributed by atoms with Crippen LogP contribution in [-0.2, 0) is 9.53 Å². The van der Waals surface area contributed by atoms with E-state index in [1.165, 1.54) is 0 Å². The Bertz CT molecular complexity index is 1600. The Morgan fingerprint density at radius 2 is 1.68 bits per heavy atom. The van der Waals surface area contributed by atoms with E-state index in [0.29, 0.717) is 40.2 Å². The Morgan fingerprint density at radius 3 is 2.37 bits per heavy atom. The molecule has 210 valence electrons. The number of nitrogens with zero attached hydrogens (tertiary/aromatic N) is 3. The maximum Gasteiger partial charge on any atom is 0.316 e. The van der Waals surface area contributed by atoms with Crippen molar-refractivity contribution in [3.05, 3.63) is 65.5 Å². The Labute approximate surface area is 234 Å². The number of anilines is 1. The summed E-state index contributed by atoms with van der Waals surface area (Å²) in [7, 11) is 4.67. The molecule has 4 atom stereocenters. The molecule has 12 heteroatoms. The Balaban J connectivity index is 1.36. The van der Waals surface area contributed by atoms with Gasteiger partial charge in [0.1, 0.15) is 0 Å². The lowest BCUT2D eigenvalue weighted by molar-refractivity contribution is -0.141. The van der Waals surface area contributed by atoms with E-state index in [-0.39, 0.29) is 31.3 Å². The van der Waals surface area contributed by atoms with Crippen molar-refractivity contribution in [2.45, 2.75) is 12.0 Å². The molecule has 0 bridgehead atoms. The van der Waals surface area contributed by atoms with Crippen LogP contribution in [0.1, 0.15) is 28.7 Å². The topological polar surface area (TPSA) is 136 Å². The summed E-state index contributed by atoms with van der Waals surface area (Å²) in [5.41, 5.74) is 3.27. The van der Waals surface area contributed by atoms with Gasteiger partial charge in [-0.05, 0) is 53.1 Å². The smallest absolute Gasteiger partial charge is 0.316 e. The second kappa shape index (κ2) is 9.88. The molecule has 3 aliphatic rings. The molecular formula is C29H26N4O8. The molecule has 1 fully saturated rings. The molecule has 0 saturated carbocycles. The van der Waals surface area contributed by atoms with Crippen LogP contribution in [0.2, 0.25) is 0 Å². The maximum absolute atomic E-state index is 13.4. The zero-order valence-electron chi connectivity index (χ0n) is 22.5. The van der Waals surface area contributed by atoms with E-state index in [4.69, 9.17) is 32.8 Å². The van der Waals surface area contributed by atoms with Crippen molar-refractivity contribution in [1.29, 1.82) is 0 Å². The van der Waals surface area contributed by atoms with Crippen molar-refractivity contribution in [1.82, 2.24) is 15.2 Å². The van der Waals surface area contributed by atoms with Crippen LogP contribution in [0.4, 0.5) is 6.01 Å². The molecule has 1 saturated heterocycles. The van der Waals surface area contributed by atoms with Crippen molar-refractivity contribution < 1.29 is 37.6 Å². The van der Waals surface area contributed by atoms with Crippen molar-refractivity contribution in [2.24, 2.45) is 11.8 Å². The molecule has 41 heavy (non-hydrogen) atoms. The number of rotatable bonds is 7. The summed E-state index contributed by atoms with van der Waals surface area (Å²) in [5, 5.41) is 11.8. The Hall–Kier alpha value is -5.00. The molecule has 4 heterocycles. The molecule has 7 rings (SSSR count). The quantitative estimate of drug-likeness (QED) is 0.329. The molecule has 0 spiro atoms. The van der Waals surface area contributed by atoms with Gasteiger partial charge in [-0.25, -0.2) is 0 Å². The fourth-order valence-corrected chi connectivity index (χ4v) is 6.05. The number of methoxy groups -OCH3 is 3. The molecule has 2 aromatic carbocycles. The average Bonchev–Trinajstić information content (AvgIpc) is 3.76. The number of pyridine rings is 1. The first-order chi connectivity index (χ1) is 20.1. The summed E-state index contributed by atoms with van der Waals surface area (Å²) in [4.78, 5) is 17.5. The molecule has 2 aromatic heterocycles. The van der Waals surface area contributed by atoms with E-state index in [1.54, 1.807) is 39.8 Å². The van der Waals surface area contributed by atoms with Gasteiger partial charge in [0.15, 0.2) is 23.0 Å². The molecule has 1 aliphatic carbocycles. The minimum absolute atomic E-state index is 0.109. The van der Waals surface area contributed by atoms with Gasteiger partial charge in [-0.2, -0.15) is 0 Å². The van der Waals surface area contributed by atoms with E-state index < -0.39 is 17.9 Å². The number of cyclic esters (lactones) is 1. The average molecular weight is 559 g/mol. The molecule has 0 amide bonds. The highest BCUT2D eigenvalue weighted by Crippen LogP contribution is 2.56. The van der Waals surface area contributed by atoms with Gasteiger partial charge in [-0.3, -0.25) is 9.78 Å². The predicted molar refractivity (Wildman–Crippen MR) is 142 cm³/mol. The number of hydrogen-bond donors (Lipinski definition) is 1. The van der Waals surface area contributed by atoms with E-state index in [0.717, 1.165) is 16.7 Å². The van der Waals surface area contributed by atoms with Gasteiger partial charge in [-0.1, -0.05) is 5.10 Å². The lowest BCUT2D eigenvalue weighted by atomic mass is 9.65. The van der Waals surface area contributed by atoms with Crippen molar-refractivity contribution >= 4 is 12.0 Å². The monoisotopic (exact) mass is 558 g/mol. The highest BCUT2D eigenvalue weighted by Gasteiger charge is 2.53. The van der Waals surface area contributed by atoms with Crippen LogP contribution in [0.25, 0.3) is 11.5 Å². The van der Waals surface area contributed by atoms with Crippen molar-refractivity contribution in [2.75, 3.05) is 40.0 Å². The number of ether oxygens (including phenoxy) is 6. The van der Waals surface area contributed by atoms with Gasteiger partial charge in [0.2, 0.25) is 12.5 Å². The highest BCUT2D eigenvalue weighted by atomic mass is 16.7. The maximum atomic E-state index is 13.4. The van der Waals surface area contributed by atoms with Crippen LogP contribution < -0.4 is 29.0 Å². The first-order valence-electron chi connectivity index (χ1n) is 13.0. The SMILES string of the molecule is COc1cc([C@@H]2c3cc4c(cc3[C@@H](Nc3nnc(-c5cccnc5)o3)[C@H]3COC(=O)[C@H]23)OCO4)cc(OC)c1OC. The molecule has 2 aliphatic heterocycles. The second-order valence-electron chi connectivity index (χ2n) is 9.87. The number of hydrogen-bond acceptors (Lipinski definition) is 12. The van der Waals surface area contributed by atoms with Gasteiger partial charge in [0.25, 0.3) is 5.89 Å². The first-order valence-corrected chi connectivity index (χ1v) is 13.0. The van der Waals surface area contributed by atoms with Crippen LogP contribution >= 0.6 is 0 Å². The van der Waals surface area contributed by atoms with Gasteiger partial charge in [0.05, 0.1) is 45.5 Å². The summed E-state index contributed by atoms with van der Waals surface area (Å²) in [6.45, 7) is 0.317. The van der Waals surface area contributed by atoms with Crippen LogP contribution in [0, 0.1) is 11.8 Å². The molecular weight excluding hydrogens is 532 g/mol. The fourth-order valence-electron chi connectivity index (χ4n) is 6.05. The summed E-state index contributed by atoms with van der Waals surface area (Å²) >= 11 is 0. The van der Waals surface area contributed by atoms with E-state index in [9.17, 15) is 4.79 Å². The number of fused-ring (bicyclic) bond motifs is 3. The number of carbonyl (C=O) groups excluding carboxylic acids is 1. The third kappa shape index (κ3) is 4.05. The van der Waals surface area contributed by atoms with Crippen molar-refractivity contribution in [3.8, 4) is 40.2 Å². The van der Waals surface area contributed by atoms with Gasteiger partial charge >= 0.3 is 12.0 Å². The summed E-state index contributed by atoms with van der Waals surface area (Å²) in [5.74, 6) is 1.47. The van der Waals surface area contributed by atoms with Crippen LogP contribution in [0.5, 0.6) is 28.7 Å². The summed E-state index contributed by atoms with van der Waals surface area (Å²) < 4.78 is 39.9. The lowest BCUT2D eigenvalue weighted by Crippen LogP contribution is -2.37. The Kier molecular flexibility index (Phi) is 6.02.